The van der Waals surface area contributed by atoms with Crippen molar-refractivity contribution in [3.63, 3.8) is 0 Å². The molecule has 0 fully saturated rings. The van der Waals surface area contributed by atoms with E-state index < -0.39 is 0 Å². The van der Waals surface area contributed by atoms with Gasteiger partial charge in [0.1, 0.15) is 0 Å². The van der Waals surface area contributed by atoms with Gasteiger partial charge in [-0.25, -0.2) is 0 Å². The van der Waals surface area contributed by atoms with E-state index in [9.17, 15) is 4.79 Å². The first-order valence-corrected chi connectivity index (χ1v) is 10.1. The Morgan fingerprint density at radius 3 is 2.26 bits per heavy atom. The van der Waals surface area contributed by atoms with Gasteiger partial charge in [0, 0.05) is 31.8 Å². The molecular formula is C24H29N3O4. The molecule has 7 heteroatoms. The average Bonchev–Trinajstić information content (AvgIpc) is 3.23. The molecule has 0 unspecified atom stereocenters. The van der Waals surface area contributed by atoms with E-state index in [-0.39, 0.29) is 5.91 Å². The van der Waals surface area contributed by atoms with Gasteiger partial charge >= 0.3 is 0 Å². The van der Waals surface area contributed by atoms with Crippen LogP contribution in [0.25, 0.3) is 0 Å². The molecule has 0 aliphatic rings. The zero-order valence-corrected chi connectivity index (χ0v) is 18.5. The summed E-state index contributed by atoms with van der Waals surface area (Å²) in [4.78, 5) is 14.4. The Kier molecular flexibility index (Phi) is 7.54. The van der Waals surface area contributed by atoms with Crippen LogP contribution in [-0.4, -0.2) is 49.0 Å². The van der Waals surface area contributed by atoms with Crippen molar-refractivity contribution in [1.82, 2.24) is 14.7 Å². The molecule has 0 aliphatic heterocycles. The normalized spacial score (nSPS) is 10.6. The highest BCUT2D eigenvalue weighted by atomic mass is 16.5. The van der Waals surface area contributed by atoms with Gasteiger partial charge in [-0.1, -0.05) is 30.3 Å². The van der Waals surface area contributed by atoms with Crippen molar-refractivity contribution in [1.29, 1.82) is 0 Å². The number of carbonyl (C=O) groups is 1. The molecule has 164 valence electrons. The van der Waals surface area contributed by atoms with Crippen LogP contribution in [0.2, 0.25) is 0 Å². The van der Waals surface area contributed by atoms with Crippen molar-refractivity contribution in [3.05, 3.63) is 71.5 Å². The van der Waals surface area contributed by atoms with E-state index in [0.717, 1.165) is 11.1 Å². The van der Waals surface area contributed by atoms with Crippen LogP contribution in [0.4, 0.5) is 0 Å². The van der Waals surface area contributed by atoms with Gasteiger partial charge in [-0.3, -0.25) is 9.48 Å². The second-order valence-corrected chi connectivity index (χ2v) is 7.32. The highest BCUT2D eigenvalue weighted by Crippen LogP contribution is 2.38. The number of benzene rings is 2. The third kappa shape index (κ3) is 5.78. The second kappa shape index (κ2) is 10.5. The summed E-state index contributed by atoms with van der Waals surface area (Å²) in [6.45, 7) is 1.22. The topological polar surface area (TPSA) is 65.8 Å². The maximum Gasteiger partial charge on any atom is 0.222 e. The van der Waals surface area contributed by atoms with Crippen LogP contribution in [-0.2, 0) is 24.3 Å². The van der Waals surface area contributed by atoms with E-state index in [1.54, 1.807) is 26.2 Å². The Hall–Kier alpha value is -3.48. The molecule has 0 aliphatic carbocycles. The first-order valence-electron chi connectivity index (χ1n) is 10.1. The van der Waals surface area contributed by atoms with Crippen molar-refractivity contribution in [2.45, 2.75) is 25.9 Å². The number of amides is 1. The van der Waals surface area contributed by atoms with Crippen LogP contribution in [0.3, 0.4) is 0 Å². The van der Waals surface area contributed by atoms with Crippen molar-refractivity contribution in [2.75, 3.05) is 28.4 Å². The molecule has 3 rings (SSSR count). The lowest BCUT2D eigenvalue weighted by Gasteiger charge is -2.17. The summed E-state index contributed by atoms with van der Waals surface area (Å²) in [7, 11) is 6.54. The maximum atomic E-state index is 12.7. The summed E-state index contributed by atoms with van der Waals surface area (Å²) >= 11 is 0. The third-order valence-corrected chi connectivity index (χ3v) is 5.07. The summed E-state index contributed by atoms with van der Waals surface area (Å²) in [5.41, 5.74) is 3.14. The van der Waals surface area contributed by atoms with Crippen LogP contribution in [0.1, 0.15) is 23.1 Å². The van der Waals surface area contributed by atoms with E-state index in [1.807, 2.05) is 54.5 Å². The molecule has 0 atom stereocenters. The van der Waals surface area contributed by atoms with Gasteiger partial charge < -0.3 is 19.1 Å². The third-order valence-electron chi connectivity index (χ3n) is 5.07. The zero-order valence-electron chi connectivity index (χ0n) is 18.5. The zero-order chi connectivity index (χ0) is 22.2. The molecule has 0 radical (unpaired) electrons. The van der Waals surface area contributed by atoms with Gasteiger partial charge in [0.2, 0.25) is 11.7 Å². The highest BCUT2D eigenvalue weighted by molar-refractivity contribution is 5.76. The number of hydrogen-bond acceptors (Lipinski definition) is 5. The lowest BCUT2D eigenvalue weighted by molar-refractivity contribution is -0.130. The first kappa shape index (κ1) is 22.2. The van der Waals surface area contributed by atoms with Crippen LogP contribution in [0.15, 0.2) is 54.9 Å². The van der Waals surface area contributed by atoms with E-state index in [0.29, 0.717) is 43.2 Å². The number of nitrogens with zero attached hydrogens (tertiary/aromatic N) is 3. The number of ether oxygens (including phenoxy) is 3. The van der Waals surface area contributed by atoms with Crippen LogP contribution in [0.5, 0.6) is 17.2 Å². The molecule has 7 nitrogen and oxygen atoms in total. The molecule has 0 saturated heterocycles. The molecule has 0 saturated carbocycles. The SMILES string of the molecule is COc1cc(CCC(=O)N(C)Cc2cnn(Cc3ccccc3)c2)cc(OC)c1OC. The molecular weight excluding hydrogens is 394 g/mol. The summed E-state index contributed by atoms with van der Waals surface area (Å²) in [6.07, 6.45) is 4.75. The van der Waals surface area contributed by atoms with E-state index >= 15 is 0 Å². The van der Waals surface area contributed by atoms with Crippen molar-refractivity contribution >= 4 is 5.91 Å². The quantitative estimate of drug-likeness (QED) is 0.499. The van der Waals surface area contributed by atoms with Crippen molar-refractivity contribution in [2.24, 2.45) is 0 Å². The lowest BCUT2D eigenvalue weighted by atomic mass is 10.1. The van der Waals surface area contributed by atoms with Crippen LogP contribution in [0, 0.1) is 0 Å². The lowest BCUT2D eigenvalue weighted by Crippen LogP contribution is -2.26. The number of methoxy groups -OCH3 is 3. The Bertz CT molecular complexity index is 976. The number of carbonyl (C=O) groups excluding carboxylic acids is 1. The predicted molar refractivity (Wildman–Crippen MR) is 119 cm³/mol. The van der Waals surface area contributed by atoms with Gasteiger partial charge in [0.05, 0.1) is 34.1 Å². The minimum atomic E-state index is 0.0598. The maximum absolute atomic E-state index is 12.7. The fraction of sp³-hybridized carbons (Fsp3) is 0.333. The molecule has 0 N–H and O–H groups in total. The summed E-state index contributed by atoms with van der Waals surface area (Å²) in [6, 6.07) is 13.9. The van der Waals surface area contributed by atoms with E-state index in [1.165, 1.54) is 5.56 Å². The fourth-order valence-corrected chi connectivity index (χ4v) is 3.43. The minimum absolute atomic E-state index is 0.0598. The van der Waals surface area contributed by atoms with E-state index in [4.69, 9.17) is 14.2 Å². The number of aromatic nitrogens is 2. The second-order valence-electron chi connectivity index (χ2n) is 7.32. The molecule has 1 amide bonds. The van der Waals surface area contributed by atoms with Gasteiger partial charge in [0.25, 0.3) is 0 Å². The minimum Gasteiger partial charge on any atom is -0.493 e. The molecule has 31 heavy (non-hydrogen) atoms. The Morgan fingerprint density at radius 1 is 0.968 bits per heavy atom. The van der Waals surface area contributed by atoms with Crippen LogP contribution >= 0.6 is 0 Å². The summed E-state index contributed by atoms with van der Waals surface area (Å²) in [5, 5.41) is 4.41. The molecule has 1 heterocycles. The molecule has 2 aromatic carbocycles. The Balaban J connectivity index is 1.56. The first-order chi connectivity index (χ1) is 15.0. The predicted octanol–water partition coefficient (Wildman–Crippen LogP) is 3.55. The highest BCUT2D eigenvalue weighted by Gasteiger charge is 2.15. The summed E-state index contributed by atoms with van der Waals surface area (Å²) < 4.78 is 18.0. The number of rotatable bonds is 10. The van der Waals surface area contributed by atoms with Crippen LogP contribution < -0.4 is 14.2 Å². The van der Waals surface area contributed by atoms with Gasteiger partial charge in [-0.15, -0.1) is 0 Å². The average molecular weight is 424 g/mol. The van der Waals surface area contributed by atoms with Gasteiger partial charge in [0.15, 0.2) is 11.5 Å². The standard InChI is InChI=1S/C24H29N3O4/c1-26(15-20-14-25-27(17-20)16-18-8-6-5-7-9-18)23(28)11-10-19-12-21(29-2)24(31-4)22(13-19)30-3/h5-9,12-14,17H,10-11,15-16H2,1-4H3. The van der Waals surface area contributed by atoms with Gasteiger partial charge in [-0.2, -0.15) is 5.10 Å². The molecule has 1 aromatic heterocycles. The number of aryl methyl sites for hydroxylation is 1. The number of hydrogen-bond donors (Lipinski definition) is 0. The Morgan fingerprint density at radius 2 is 1.65 bits per heavy atom. The smallest absolute Gasteiger partial charge is 0.222 e. The monoisotopic (exact) mass is 423 g/mol. The van der Waals surface area contributed by atoms with Gasteiger partial charge in [-0.05, 0) is 29.7 Å². The largest absolute Gasteiger partial charge is 0.493 e. The van der Waals surface area contributed by atoms with Crippen molar-refractivity contribution in [3.8, 4) is 17.2 Å². The van der Waals surface area contributed by atoms with Crippen molar-refractivity contribution < 1.29 is 19.0 Å². The molecule has 0 bridgehead atoms. The molecule has 3 aromatic rings. The molecule has 0 spiro atoms. The Labute approximate surface area is 183 Å². The summed E-state index contributed by atoms with van der Waals surface area (Å²) in [5.74, 6) is 1.78. The fourth-order valence-electron chi connectivity index (χ4n) is 3.43. The van der Waals surface area contributed by atoms with E-state index in [2.05, 4.69) is 17.2 Å².